The quantitative estimate of drug-likeness (QED) is 0.477. The number of nitrogens with zero attached hydrogens (tertiary/aromatic N) is 1. The van der Waals surface area contributed by atoms with Gasteiger partial charge in [0.05, 0.1) is 24.8 Å². The molecule has 3 aromatic rings. The number of unbranched alkanes of at least 4 members (excludes halogenated alkanes) is 1. The fraction of sp³-hybridized carbons (Fsp3) is 0.278. The first-order chi connectivity index (χ1) is 10.7. The number of hydrogen-bond acceptors (Lipinski definition) is 3. The van der Waals surface area contributed by atoms with E-state index in [2.05, 4.69) is 11.9 Å². The Hall–Kier alpha value is -2.00. The molecule has 0 aliphatic carbocycles. The summed E-state index contributed by atoms with van der Waals surface area (Å²) in [6.45, 7) is 2.83. The number of aromatic nitrogens is 1. The summed E-state index contributed by atoms with van der Waals surface area (Å²) in [7, 11) is 1.66. The van der Waals surface area contributed by atoms with Gasteiger partial charge in [-0.05, 0) is 42.8 Å². The fourth-order valence-corrected chi connectivity index (χ4v) is 2.63. The van der Waals surface area contributed by atoms with Gasteiger partial charge >= 0.3 is 0 Å². The highest BCUT2D eigenvalue weighted by molar-refractivity contribution is 6.31. The molecule has 3 nitrogen and oxygen atoms in total. The number of ether oxygens (including phenoxy) is 2. The number of rotatable bonds is 5. The summed E-state index contributed by atoms with van der Waals surface area (Å²) >= 11 is 6.10. The molecule has 0 spiro atoms. The maximum Gasteiger partial charge on any atom is 0.138 e. The van der Waals surface area contributed by atoms with Crippen molar-refractivity contribution in [3.8, 4) is 11.5 Å². The van der Waals surface area contributed by atoms with Gasteiger partial charge in [0, 0.05) is 15.8 Å². The number of fused-ring (bicyclic) bond motifs is 2. The molecule has 0 radical (unpaired) electrons. The van der Waals surface area contributed by atoms with Crippen LogP contribution in [0.15, 0.2) is 36.4 Å². The van der Waals surface area contributed by atoms with Gasteiger partial charge in [0.2, 0.25) is 0 Å². The zero-order chi connectivity index (χ0) is 15.5. The summed E-state index contributed by atoms with van der Waals surface area (Å²) < 4.78 is 11.4. The van der Waals surface area contributed by atoms with Crippen molar-refractivity contribution in [1.82, 2.24) is 4.98 Å². The van der Waals surface area contributed by atoms with Crippen LogP contribution < -0.4 is 9.47 Å². The summed E-state index contributed by atoms with van der Waals surface area (Å²) in [4.78, 5) is 4.68. The smallest absolute Gasteiger partial charge is 0.138 e. The lowest BCUT2D eigenvalue weighted by Crippen LogP contribution is -1.99. The molecular formula is C18H18ClNO2. The van der Waals surface area contributed by atoms with Crippen molar-refractivity contribution in [3.63, 3.8) is 0 Å². The van der Waals surface area contributed by atoms with E-state index in [0.717, 1.165) is 46.1 Å². The van der Waals surface area contributed by atoms with E-state index in [1.165, 1.54) is 0 Å². The van der Waals surface area contributed by atoms with E-state index in [-0.39, 0.29) is 0 Å². The van der Waals surface area contributed by atoms with Gasteiger partial charge in [0.15, 0.2) is 0 Å². The van der Waals surface area contributed by atoms with Gasteiger partial charge in [0.1, 0.15) is 11.5 Å². The maximum absolute atomic E-state index is 6.10. The monoisotopic (exact) mass is 315 g/mol. The molecule has 0 aliphatic rings. The topological polar surface area (TPSA) is 31.4 Å². The lowest BCUT2D eigenvalue weighted by molar-refractivity contribution is 0.316. The molecule has 114 valence electrons. The minimum atomic E-state index is 0.673. The van der Waals surface area contributed by atoms with E-state index in [1.807, 2.05) is 36.4 Å². The van der Waals surface area contributed by atoms with Crippen molar-refractivity contribution in [2.45, 2.75) is 19.8 Å². The van der Waals surface area contributed by atoms with Crippen LogP contribution in [-0.2, 0) is 0 Å². The number of pyridine rings is 1. The Morgan fingerprint density at radius 2 is 1.91 bits per heavy atom. The first-order valence-electron chi connectivity index (χ1n) is 7.42. The van der Waals surface area contributed by atoms with E-state index < -0.39 is 0 Å². The summed E-state index contributed by atoms with van der Waals surface area (Å²) in [5, 5.41) is 2.61. The zero-order valence-electron chi connectivity index (χ0n) is 12.7. The molecule has 0 atom stereocenters. The molecular weight excluding hydrogens is 298 g/mol. The average Bonchev–Trinajstić information content (AvgIpc) is 2.53. The molecule has 1 heterocycles. The van der Waals surface area contributed by atoms with E-state index >= 15 is 0 Å². The van der Waals surface area contributed by atoms with Gasteiger partial charge in [0.25, 0.3) is 0 Å². The largest absolute Gasteiger partial charge is 0.497 e. The van der Waals surface area contributed by atoms with Crippen molar-refractivity contribution in [2.24, 2.45) is 0 Å². The summed E-state index contributed by atoms with van der Waals surface area (Å²) in [5.41, 5.74) is 1.72. The first-order valence-corrected chi connectivity index (χ1v) is 7.80. The van der Waals surface area contributed by atoms with Gasteiger partial charge < -0.3 is 9.47 Å². The molecule has 2 aromatic carbocycles. The van der Waals surface area contributed by atoms with E-state index in [4.69, 9.17) is 21.1 Å². The second-order valence-corrected chi connectivity index (χ2v) is 5.62. The Morgan fingerprint density at radius 3 is 2.68 bits per heavy atom. The van der Waals surface area contributed by atoms with Crippen molar-refractivity contribution in [3.05, 3.63) is 41.4 Å². The van der Waals surface area contributed by atoms with Crippen LogP contribution in [0.1, 0.15) is 19.8 Å². The van der Waals surface area contributed by atoms with Crippen molar-refractivity contribution in [1.29, 1.82) is 0 Å². The van der Waals surface area contributed by atoms with Crippen LogP contribution in [0.5, 0.6) is 11.5 Å². The highest BCUT2D eigenvalue weighted by atomic mass is 35.5. The van der Waals surface area contributed by atoms with Crippen LogP contribution in [0.25, 0.3) is 21.8 Å². The second-order valence-electron chi connectivity index (χ2n) is 5.19. The van der Waals surface area contributed by atoms with Crippen LogP contribution in [0.4, 0.5) is 0 Å². The highest BCUT2D eigenvalue weighted by Crippen LogP contribution is 2.36. The van der Waals surface area contributed by atoms with Crippen LogP contribution in [-0.4, -0.2) is 18.7 Å². The third-order valence-corrected chi connectivity index (χ3v) is 3.87. The van der Waals surface area contributed by atoms with Crippen molar-refractivity contribution < 1.29 is 9.47 Å². The van der Waals surface area contributed by atoms with Crippen LogP contribution in [0.2, 0.25) is 5.02 Å². The van der Waals surface area contributed by atoms with Crippen molar-refractivity contribution in [2.75, 3.05) is 13.7 Å². The lowest BCUT2D eigenvalue weighted by Gasteiger charge is -2.13. The second kappa shape index (κ2) is 6.41. The Bertz CT molecular complexity index is 817. The minimum absolute atomic E-state index is 0.673. The van der Waals surface area contributed by atoms with E-state index in [9.17, 15) is 0 Å². The van der Waals surface area contributed by atoms with E-state index in [1.54, 1.807) is 7.11 Å². The van der Waals surface area contributed by atoms with Crippen LogP contribution in [0, 0.1) is 0 Å². The van der Waals surface area contributed by atoms with Gasteiger partial charge in [-0.15, -0.1) is 0 Å². The lowest BCUT2D eigenvalue weighted by atomic mass is 10.1. The Kier molecular flexibility index (Phi) is 4.34. The van der Waals surface area contributed by atoms with Gasteiger partial charge in [-0.3, -0.25) is 0 Å². The molecule has 0 saturated heterocycles. The molecule has 0 amide bonds. The molecule has 3 rings (SSSR count). The number of methoxy groups -OCH3 is 1. The Morgan fingerprint density at radius 1 is 1.05 bits per heavy atom. The third-order valence-electron chi connectivity index (χ3n) is 3.64. The number of benzene rings is 2. The molecule has 0 saturated carbocycles. The van der Waals surface area contributed by atoms with E-state index in [0.29, 0.717) is 11.6 Å². The zero-order valence-corrected chi connectivity index (χ0v) is 13.5. The Balaban J connectivity index is 2.24. The molecule has 4 heteroatoms. The predicted octanol–water partition coefficient (Wildman–Crippen LogP) is 5.23. The van der Waals surface area contributed by atoms with Gasteiger partial charge in [-0.25, -0.2) is 4.98 Å². The number of hydrogen-bond donors (Lipinski definition) is 0. The van der Waals surface area contributed by atoms with Gasteiger partial charge in [-0.2, -0.15) is 0 Å². The highest BCUT2D eigenvalue weighted by Gasteiger charge is 2.12. The molecule has 22 heavy (non-hydrogen) atoms. The standard InChI is InChI=1S/C18H18ClNO2/c1-3-4-9-22-18-14-7-5-12(19)10-17(14)20-16-8-6-13(21-2)11-15(16)18/h5-8,10-11H,3-4,9H2,1-2H3. The van der Waals surface area contributed by atoms with Crippen molar-refractivity contribution >= 4 is 33.4 Å². The predicted molar refractivity (Wildman–Crippen MR) is 91.2 cm³/mol. The molecule has 0 N–H and O–H groups in total. The molecule has 0 bridgehead atoms. The molecule has 0 aliphatic heterocycles. The summed E-state index contributed by atoms with van der Waals surface area (Å²) in [6.07, 6.45) is 2.11. The minimum Gasteiger partial charge on any atom is -0.497 e. The molecule has 0 fully saturated rings. The maximum atomic E-state index is 6.10. The molecule has 0 unspecified atom stereocenters. The normalized spacial score (nSPS) is 11.0. The van der Waals surface area contributed by atoms with Crippen LogP contribution >= 0.6 is 11.6 Å². The fourth-order valence-electron chi connectivity index (χ4n) is 2.46. The first kappa shape index (κ1) is 14.9. The third kappa shape index (κ3) is 2.81. The molecule has 1 aromatic heterocycles. The van der Waals surface area contributed by atoms with Crippen LogP contribution in [0.3, 0.4) is 0 Å². The Labute approximate surface area is 134 Å². The SMILES string of the molecule is CCCCOc1c2ccc(Cl)cc2nc2ccc(OC)cc12. The summed E-state index contributed by atoms with van der Waals surface area (Å²) in [6, 6.07) is 11.5. The van der Waals surface area contributed by atoms with Gasteiger partial charge in [-0.1, -0.05) is 24.9 Å². The summed E-state index contributed by atoms with van der Waals surface area (Å²) in [5.74, 6) is 1.65. The number of halogens is 1. The average molecular weight is 316 g/mol.